The van der Waals surface area contributed by atoms with Gasteiger partial charge in [-0.3, -0.25) is 4.79 Å². The lowest BCUT2D eigenvalue weighted by Gasteiger charge is -2.32. The molecule has 0 radical (unpaired) electrons. The van der Waals surface area contributed by atoms with Crippen molar-refractivity contribution in [2.45, 2.75) is 46.6 Å². The first kappa shape index (κ1) is 17.5. The molecule has 23 heavy (non-hydrogen) atoms. The molecule has 2 rings (SSSR count). The van der Waals surface area contributed by atoms with Crippen LogP contribution in [0.4, 0.5) is 5.82 Å². The van der Waals surface area contributed by atoms with Crippen LogP contribution < -0.4 is 15.0 Å². The van der Waals surface area contributed by atoms with Crippen molar-refractivity contribution in [2.24, 2.45) is 11.8 Å². The fourth-order valence-electron chi connectivity index (χ4n) is 2.59. The summed E-state index contributed by atoms with van der Waals surface area (Å²) in [6.45, 7) is 10.5. The van der Waals surface area contributed by atoms with E-state index in [4.69, 9.17) is 4.74 Å². The number of anilines is 1. The van der Waals surface area contributed by atoms with E-state index in [2.05, 4.69) is 41.2 Å². The third-order valence-corrected chi connectivity index (χ3v) is 4.48. The first-order valence-corrected chi connectivity index (χ1v) is 8.53. The Morgan fingerprint density at radius 1 is 1.30 bits per heavy atom. The van der Waals surface area contributed by atoms with Gasteiger partial charge in [-0.05, 0) is 38.7 Å². The number of rotatable bonds is 6. The molecule has 1 unspecified atom stereocenters. The van der Waals surface area contributed by atoms with E-state index in [-0.39, 0.29) is 17.9 Å². The molecule has 0 aromatic carbocycles. The minimum atomic E-state index is 0.100. The molecule has 1 N–H and O–H groups in total. The number of amides is 1. The summed E-state index contributed by atoms with van der Waals surface area (Å²) in [5, 5.41) is 11.4. The minimum Gasteiger partial charge on any atom is -0.477 e. The van der Waals surface area contributed by atoms with Gasteiger partial charge in [0.2, 0.25) is 11.8 Å². The second-order valence-electron chi connectivity index (χ2n) is 6.47. The first-order chi connectivity index (χ1) is 11.0. The van der Waals surface area contributed by atoms with Crippen LogP contribution in [0.3, 0.4) is 0 Å². The molecule has 1 atom stereocenters. The van der Waals surface area contributed by atoms with Gasteiger partial charge >= 0.3 is 0 Å². The average Bonchev–Trinajstić information content (AvgIpc) is 2.56. The summed E-state index contributed by atoms with van der Waals surface area (Å²) in [6.07, 6.45) is 1.71. The first-order valence-electron chi connectivity index (χ1n) is 8.53. The maximum Gasteiger partial charge on any atom is 0.233 e. The van der Waals surface area contributed by atoms with Gasteiger partial charge in [0.1, 0.15) is 0 Å². The van der Waals surface area contributed by atoms with Gasteiger partial charge in [0.25, 0.3) is 0 Å². The van der Waals surface area contributed by atoms with E-state index >= 15 is 0 Å². The van der Waals surface area contributed by atoms with Gasteiger partial charge in [-0.2, -0.15) is 0 Å². The van der Waals surface area contributed by atoms with Gasteiger partial charge in [0.05, 0.1) is 6.61 Å². The van der Waals surface area contributed by atoms with E-state index in [9.17, 15) is 4.79 Å². The molecule has 1 amide bonds. The van der Waals surface area contributed by atoms with E-state index in [0.717, 1.165) is 31.7 Å². The highest BCUT2D eigenvalue weighted by Crippen LogP contribution is 2.22. The summed E-state index contributed by atoms with van der Waals surface area (Å²) >= 11 is 0. The molecule has 1 aliphatic rings. The van der Waals surface area contributed by atoms with Crippen molar-refractivity contribution in [3.05, 3.63) is 12.1 Å². The van der Waals surface area contributed by atoms with E-state index in [1.807, 2.05) is 19.1 Å². The lowest BCUT2D eigenvalue weighted by molar-refractivity contribution is -0.126. The Labute approximate surface area is 138 Å². The molecule has 1 fully saturated rings. The Morgan fingerprint density at radius 2 is 2.00 bits per heavy atom. The maximum atomic E-state index is 12.3. The van der Waals surface area contributed by atoms with Gasteiger partial charge in [-0.15, -0.1) is 10.2 Å². The molecular weight excluding hydrogens is 292 g/mol. The van der Waals surface area contributed by atoms with E-state index in [1.165, 1.54) is 0 Å². The van der Waals surface area contributed by atoms with E-state index in [1.54, 1.807) is 0 Å². The summed E-state index contributed by atoms with van der Waals surface area (Å²) in [4.78, 5) is 14.5. The summed E-state index contributed by atoms with van der Waals surface area (Å²) in [5.74, 6) is 2.14. The molecular formula is C17H28N4O2. The number of nitrogens with one attached hydrogen (secondary N) is 1. The molecule has 1 aliphatic heterocycles. The van der Waals surface area contributed by atoms with Crippen LogP contribution in [0.2, 0.25) is 0 Å². The minimum absolute atomic E-state index is 0.100. The Hall–Kier alpha value is -1.85. The smallest absolute Gasteiger partial charge is 0.233 e. The van der Waals surface area contributed by atoms with Crippen LogP contribution in [0.5, 0.6) is 5.88 Å². The van der Waals surface area contributed by atoms with Crippen LogP contribution in [0, 0.1) is 11.8 Å². The van der Waals surface area contributed by atoms with E-state index in [0.29, 0.717) is 18.4 Å². The number of nitrogens with zero attached hydrogens (tertiary/aromatic N) is 3. The quantitative estimate of drug-likeness (QED) is 0.871. The zero-order valence-electron chi connectivity index (χ0n) is 14.6. The molecule has 1 saturated heterocycles. The molecule has 0 bridgehead atoms. The zero-order valence-corrected chi connectivity index (χ0v) is 14.6. The number of hydrogen-bond acceptors (Lipinski definition) is 5. The molecule has 0 spiro atoms. The molecule has 6 heteroatoms. The largest absolute Gasteiger partial charge is 0.477 e. The summed E-state index contributed by atoms with van der Waals surface area (Å²) in [7, 11) is 0. The van der Waals surface area contributed by atoms with Gasteiger partial charge in [0.15, 0.2) is 5.82 Å². The van der Waals surface area contributed by atoms with Crippen LogP contribution in [0.15, 0.2) is 12.1 Å². The van der Waals surface area contributed by atoms with Gasteiger partial charge in [-0.1, -0.05) is 13.8 Å². The van der Waals surface area contributed by atoms with Crippen molar-refractivity contribution < 1.29 is 9.53 Å². The highest BCUT2D eigenvalue weighted by Gasteiger charge is 2.26. The van der Waals surface area contributed by atoms with Crippen molar-refractivity contribution in [1.82, 2.24) is 15.5 Å². The molecule has 0 saturated carbocycles. The number of aromatic nitrogens is 2. The topological polar surface area (TPSA) is 67.3 Å². The van der Waals surface area contributed by atoms with Crippen molar-refractivity contribution in [3.8, 4) is 5.88 Å². The predicted molar refractivity (Wildman–Crippen MR) is 90.6 cm³/mol. The Kier molecular flexibility index (Phi) is 6.19. The zero-order chi connectivity index (χ0) is 16.8. The van der Waals surface area contributed by atoms with Crippen molar-refractivity contribution in [3.63, 3.8) is 0 Å². The number of carbonyl (C=O) groups is 1. The van der Waals surface area contributed by atoms with Crippen LogP contribution in [0.25, 0.3) is 0 Å². The van der Waals surface area contributed by atoms with Crippen molar-refractivity contribution >= 4 is 11.7 Å². The number of carbonyl (C=O) groups excluding carboxylic acids is 1. The lowest BCUT2D eigenvalue weighted by atomic mass is 9.95. The monoisotopic (exact) mass is 320 g/mol. The number of hydrogen-bond donors (Lipinski definition) is 1. The van der Waals surface area contributed by atoms with Gasteiger partial charge < -0.3 is 15.0 Å². The Balaban J connectivity index is 1.84. The Morgan fingerprint density at radius 3 is 2.52 bits per heavy atom. The van der Waals surface area contributed by atoms with Crippen LogP contribution in [-0.2, 0) is 4.79 Å². The standard InChI is InChI=1S/C17H28N4O2/c1-5-23-16-7-6-15(19-20-16)21-10-8-14(9-11-21)17(22)18-13(4)12(2)3/h6-7,12-14H,5,8-11H2,1-4H3,(H,18,22). The fraction of sp³-hybridized carbons (Fsp3) is 0.706. The van der Waals surface area contributed by atoms with Gasteiger partial charge in [0, 0.05) is 31.1 Å². The second kappa shape index (κ2) is 8.13. The lowest BCUT2D eigenvalue weighted by Crippen LogP contribution is -2.44. The Bertz CT molecular complexity index is 496. The van der Waals surface area contributed by atoms with Crippen LogP contribution in [0.1, 0.15) is 40.5 Å². The maximum absolute atomic E-state index is 12.3. The fourth-order valence-corrected chi connectivity index (χ4v) is 2.59. The number of ether oxygens (including phenoxy) is 1. The van der Waals surface area contributed by atoms with Crippen molar-refractivity contribution in [1.29, 1.82) is 0 Å². The van der Waals surface area contributed by atoms with Gasteiger partial charge in [-0.25, -0.2) is 0 Å². The summed E-state index contributed by atoms with van der Waals surface area (Å²) in [5.41, 5.74) is 0. The highest BCUT2D eigenvalue weighted by molar-refractivity contribution is 5.79. The molecule has 1 aromatic heterocycles. The predicted octanol–water partition coefficient (Wildman–Crippen LogP) is 2.25. The van der Waals surface area contributed by atoms with Crippen LogP contribution >= 0.6 is 0 Å². The molecule has 6 nitrogen and oxygen atoms in total. The molecule has 128 valence electrons. The summed E-state index contributed by atoms with van der Waals surface area (Å²) in [6, 6.07) is 3.99. The summed E-state index contributed by atoms with van der Waals surface area (Å²) < 4.78 is 5.31. The third-order valence-electron chi connectivity index (χ3n) is 4.48. The van der Waals surface area contributed by atoms with E-state index < -0.39 is 0 Å². The van der Waals surface area contributed by atoms with Crippen molar-refractivity contribution in [2.75, 3.05) is 24.6 Å². The molecule has 1 aromatic rings. The second-order valence-corrected chi connectivity index (χ2v) is 6.47. The molecule has 2 heterocycles. The SMILES string of the molecule is CCOc1ccc(N2CCC(C(=O)NC(C)C(C)C)CC2)nn1. The van der Waals surface area contributed by atoms with Crippen LogP contribution in [-0.4, -0.2) is 41.8 Å². The normalized spacial score (nSPS) is 17.2. The average molecular weight is 320 g/mol. The third kappa shape index (κ3) is 4.81. The molecule has 0 aliphatic carbocycles. The highest BCUT2D eigenvalue weighted by atomic mass is 16.5. The number of piperidine rings is 1.